The van der Waals surface area contributed by atoms with Gasteiger partial charge in [-0.2, -0.15) is 5.10 Å². The van der Waals surface area contributed by atoms with Gasteiger partial charge in [0.1, 0.15) is 0 Å². The molecular formula is C12H21N3O. The topological polar surface area (TPSA) is 53.1 Å². The first-order chi connectivity index (χ1) is 7.67. The third-order valence-corrected chi connectivity index (χ3v) is 2.42. The predicted molar refractivity (Wildman–Crippen MR) is 66.1 cm³/mol. The molecule has 4 nitrogen and oxygen atoms in total. The van der Waals surface area contributed by atoms with Crippen molar-refractivity contribution in [2.45, 2.75) is 19.8 Å². The van der Waals surface area contributed by atoms with Gasteiger partial charge >= 0.3 is 0 Å². The zero-order valence-corrected chi connectivity index (χ0v) is 10.4. The van der Waals surface area contributed by atoms with Crippen LogP contribution in [0.3, 0.4) is 0 Å². The molecule has 0 aliphatic heterocycles. The molecule has 0 aromatic carbocycles. The van der Waals surface area contributed by atoms with Gasteiger partial charge in [-0.3, -0.25) is 4.68 Å². The number of hydrogen-bond acceptors (Lipinski definition) is 3. The van der Waals surface area contributed by atoms with Crippen molar-refractivity contribution < 1.29 is 4.74 Å². The molecular weight excluding hydrogens is 202 g/mol. The van der Waals surface area contributed by atoms with Crippen LogP contribution in [-0.2, 0) is 11.8 Å². The fraction of sp³-hybridized carbons (Fsp3) is 0.583. The zero-order valence-electron chi connectivity index (χ0n) is 10.4. The highest BCUT2D eigenvalue weighted by molar-refractivity contribution is 5.50. The summed E-state index contributed by atoms with van der Waals surface area (Å²) in [6.07, 6.45) is 4.11. The van der Waals surface area contributed by atoms with E-state index in [1.54, 1.807) is 7.11 Å². The molecule has 1 aromatic rings. The van der Waals surface area contributed by atoms with E-state index in [1.807, 2.05) is 18.7 Å². The maximum Gasteiger partial charge on any atom is 0.0676 e. The summed E-state index contributed by atoms with van der Waals surface area (Å²) in [7, 11) is 3.66. The first-order valence-electron chi connectivity index (χ1n) is 5.56. The number of hydrogen-bond donors (Lipinski definition) is 1. The molecule has 0 fully saturated rings. The minimum Gasteiger partial charge on any atom is -0.380 e. The van der Waals surface area contributed by atoms with Gasteiger partial charge in [0.25, 0.3) is 0 Å². The van der Waals surface area contributed by atoms with Crippen molar-refractivity contribution in [1.82, 2.24) is 9.78 Å². The molecule has 90 valence electrons. The largest absolute Gasteiger partial charge is 0.380 e. The van der Waals surface area contributed by atoms with E-state index in [0.29, 0.717) is 13.2 Å². The second-order valence-electron chi connectivity index (χ2n) is 3.96. The number of nitrogens with zero attached hydrogens (tertiary/aromatic N) is 2. The summed E-state index contributed by atoms with van der Waals surface area (Å²) < 4.78 is 7.06. The van der Waals surface area contributed by atoms with Crippen LogP contribution in [0.4, 0.5) is 0 Å². The van der Waals surface area contributed by atoms with Crippen LogP contribution in [0.25, 0.3) is 6.08 Å². The minimum absolute atomic E-state index is 0.657. The molecule has 0 unspecified atom stereocenters. The first kappa shape index (κ1) is 12.9. The Morgan fingerprint density at radius 2 is 2.38 bits per heavy atom. The fourth-order valence-corrected chi connectivity index (χ4v) is 1.68. The summed E-state index contributed by atoms with van der Waals surface area (Å²) in [5, 5.41) is 4.31. The number of aromatic nitrogens is 2. The molecule has 0 bridgehead atoms. The van der Waals surface area contributed by atoms with Crippen molar-refractivity contribution in [3.63, 3.8) is 0 Å². The lowest BCUT2D eigenvalue weighted by Crippen LogP contribution is -2.02. The predicted octanol–water partition coefficient (Wildman–Crippen LogP) is 1.50. The smallest absolute Gasteiger partial charge is 0.0676 e. The summed E-state index contributed by atoms with van der Waals surface area (Å²) in [4.78, 5) is 0. The molecule has 16 heavy (non-hydrogen) atoms. The maximum atomic E-state index is 5.51. The molecule has 0 atom stereocenters. The van der Waals surface area contributed by atoms with E-state index < -0.39 is 0 Å². The molecule has 1 heterocycles. The summed E-state index contributed by atoms with van der Waals surface area (Å²) >= 11 is 0. The van der Waals surface area contributed by atoms with Gasteiger partial charge in [0.15, 0.2) is 0 Å². The fourth-order valence-electron chi connectivity index (χ4n) is 1.68. The third kappa shape index (κ3) is 3.79. The summed E-state index contributed by atoms with van der Waals surface area (Å²) in [5.41, 5.74) is 8.92. The average molecular weight is 223 g/mol. The second kappa shape index (κ2) is 6.45. The van der Waals surface area contributed by atoms with Crippen molar-refractivity contribution in [3.8, 4) is 0 Å². The molecule has 0 saturated carbocycles. The van der Waals surface area contributed by atoms with Gasteiger partial charge < -0.3 is 10.5 Å². The van der Waals surface area contributed by atoms with Gasteiger partial charge in [-0.05, 0) is 44.0 Å². The first-order valence-corrected chi connectivity index (χ1v) is 5.56. The van der Waals surface area contributed by atoms with E-state index in [9.17, 15) is 0 Å². The van der Waals surface area contributed by atoms with Crippen LogP contribution < -0.4 is 5.73 Å². The molecule has 0 amide bonds. The number of rotatable bonds is 6. The SMILES string of the molecule is COCC(=Cc1cc(C)nn1C)CCCN. The summed E-state index contributed by atoms with van der Waals surface area (Å²) in [6, 6.07) is 2.07. The number of aryl methyl sites for hydroxylation is 2. The Bertz CT molecular complexity index is 355. The summed E-state index contributed by atoms with van der Waals surface area (Å²) in [6.45, 7) is 3.36. The lowest BCUT2D eigenvalue weighted by atomic mass is 10.1. The lowest BCUT2D eigenvalue weighted by molar-refractivity contribution is 0.223. The van der Waals surface area contributed by atoms with Crippen LogP contribution in [-0.4, -0.2) is 30.0 Å². The van der Waals surface area contributed by atoms with Crippen LogP contribution in [0.15, 0.2) is 11.6 Å². The lowest BCUT2D eigenvalue weighted by Gasteiger charge is -2.05. The molecule has 1 aromatic heterocycles. The van der Waals surface area contributed by atoms with Crippen LogP contribution in [0.2, 0.25) is 0 Å². The van der Waals surface area contributed by atoms with Crippen LogP contribution >= 0.6 is 0 Å². The Morgan fingerprint density at radius 1 is 1.62 bits per heavy atom. The molecule has 0 aliphatic rings. The van der Waals surface area contributed by atoms with Crippen LogP contribution in [0, 0.1) is 6.92 Å². The van der Waals surface area contributed by atoms with Crippen molar-refractivity contribution in [2.75, 3.05) is 20.3 Å². The van der Waals surface area contributed by atoms with E-state index in [0.717, 1.165) is 24.2 Å². The zero-order chi connectivity index (χ0) is 12.0. The molecule has 2 N–H and O–H groups in total. The van der Waals surface area contributed by atoms with Crippen molar-refractivity contribution >= 4 is 6.08 Å². The standard InChI is InChI=1S/C12H21N3O/c1-10-7-12(15(2)14-10)8-11(9-16-3)5-4-6-13/h7-8H,4-6,9,13H2,1-3H3. The molecule has 0 spiro atoms. The number of nitrogens with two attached hydrogens (primary N) is 1. The van der Waals surface area contributed by atoms with Gasteiger partial charge in [0.05, 0.1) is 18.0 Å². The van der Waals surface area contributed by atoms with E-state index in [1.165, 1.54) is 5.57 Å². The average Bonchev–Trinajstić information content (AvgIpc) is 2.54. The van der Waals surface area contributed by atoms with Gasteiger partial charge in [-0.25, -0.2) is 0 Å². The van der Waals surface area contributed by atoms with Crippen LogP contribution in [0.1, 0.15) is 24.2 Å². The number of ether oxygens (including phenoxy) is 1. The van der Waals surface area contributed by atoms with Gasteiger partial charge in [-0.15, -0.1) is 0 Å². The minimum atomic E-state index is 0.657. The highest BCUT2D eigenvalue weighted by atomic mass is 16.5. The normalized spacial score (nSPS) is 12.1. The molecule has 0 radical (unpaired) electrons. The Morgan fingerprint density at radius 3 is 2.88 bits per heavy atom. The van der Waals surface area contributed by atoms with E-state index >= 15 is 0 Å². The maximum absolute atomic E-state index is 5.51. The molecule has 0 saturated heterocycles. The van der Waals surface area contributed by atoms with Gasteiger partial charge in [0, 0.05) is 14.2 Å². The molecule has 0 aliphatic carbocycles. The quantitative estimate of drug-likeness (QED) is 0.795. The Balaban J connectivity index is 2.79. The Labute approximate surface area is 97.1 Å². The summed E-state index contributed by atoms with van der Waals surface area (Å²) in [5.74, 6) is 0. The van der Waals surface area contributed by atoms with E-state index in [2.05, 4.69) is 17.2 Å². The molecule has 1 rings (SSSR count). The van der Waals surface area contributed by atoms with Crippen LogP contribution in [0.5, 0.6) is 0 Å². The highest BCUT2D eigenvalue weighted by Crippen LogP contribution is 2.12. The van der Waals surface area contributed by atoms with Crippen molar-refractivity contribution in [2.24, 2.45) is 12.8 Å². The van der Waals surface area contributed by atoms with E-state index in [-0.39, 0.29) is 0 Å². The highest BCUT2D eigenvalue weighted by Gasteiger charge is 2.02. The van der Waals surface area contributed by atoms with E-state index in [4.69, 9.17) is 10.5 Å². The van der Waals surface area contributed by atoms with Gasteiger partial charge in [-0.1, -0.05) is 0 Å². The third-order valence-electron chi connectivity index (χ3n) is 2.42. The Hall–Kier alpha value is -1.13. The molecule has 4 heteroatoms. The Kier molecular flexibility index (Phi) is 5.22. The van der Waals surface area contributed by atoms with Crippen molar-refractivity contribution in [3.05, 3.63) is 23.0 Å². The van der Waals surface area contributed by atoms with Crippen molar-refractivity contribution in [1.29, 1.82) is 0 Å². The second-order valence-corrected chi connectivity index (χ2v) is 3.96. The number of methoxy groups -OCH3 is 1. The van der Waals surface area contributed by atoms with Gasteiger partial charge in [0.2, 0.25) is 0 Å². The monoisotopic (exact) mass is 223 g/mol.